The van der Waals surface area contributed by atoms with Crippen molar-refractivity contribution in [3.8, 4) is 0 Å². The average Bonchev–Trinajstić information content (AvgIpc) is 2.39. The van der Waals surface area contributed by atoms with Crippen molar-refractivity contribution in [3.05, 3.63) is 70.8 Å². The highest BCUT2D eigenvalue weighted by atomic mass is 79.9. The molecule has 18 heavy (non-hydrogen) atoms. The molecule has 2 aromatic rings. The van der Waals surface area contributed by atoms with Crippen LogP contribution in [0.2, 0.25) is 0 Å². The third-order valence-corrected chi connectivity index (χ3v) is 5.87. The van der Waals surface area contributed by atoms with Gasteiger partial charge in [0, 0.05) is 0 Å². The molecule has 94 valence electrons. The van der Waals surface area contributed by atoms with Crippen molar-refractivity contribution in [3.63, 3.8) is 0 Å². The van der Waals surface area contributed by atoms with Crippen LogP contribution < -0.4 is 0 Å². The summed E-state index contributed by atoms with van der Waals surface area (Å²) in [7, 11) is 0. The van der Waals surface area contributed by atoms with Crippen LogP contribution in [0.25, 0.3) is 0 Å². The number of benzene rings is 2. The SMILES string of the molecule is Cc1ccc([C@@H](Br)[C@@H](Br)c2ccc(C)cc2)cc1. The first-order valence-electron chi connectivity index (χ1n) is 5.99. The van der Waals surface area contributed by atoms with Gasteiger partial charge in [-0.2, -0.15) is 0 Å². The topological polar surface area (TPSA) is 0 Å². The van der Waals surface area contributed by atoms with E-state index in [1.807, 2.05) is 0 Å². The lowest BCUT2D eigenvalue weighted by atomic mass is 10.0. The Morgan fingerprint density at radius 1 is 0.611 bits per heavy atom. The quantitative estimate of drug-likeness (QED) is 0.594. The molecule has 2 aromatic carbocycles. The lowest BCUT2D eigenvalue weighted by Gasteiger charge is -2.18. The highest BCUT2D eigenvalue weighted by Crippen LogP contribution is 2.42. The molecule has 0 amide bonds. The summed E-state index contributed by atoms with van der Waals surface area (Å²) in [4.78, 5) is 0.557. The van der Waals surface area contributed by atoms with Crippen molar-refractivity contribution >= 4 is 31.9 Å². The molecule has 0 unspecified atom stereocenters. The number of hydrogen-bond donors (Lipinski definition) is 0. The molecule has 0 bridgehead atoms. The van der Waals surface area contributed by atoms with Crippen molar-refractivity contribution in [1.82, 2.24) is 0 Å². The van der Waals surface area contributed by atoms with Gasteiger partial charge in [-0.1, -0.05) is 91.5 Å². The van der Waals surface area contributed by atoms with E-state index in [0.717, 1.165) is 0 Å². The molecule has 0 radical (unpaired) electrons. The fourth-order valence-electron chi connectivity index (χ4n) is 1.84. The molecule has 0 fully saturated rings. The monoisotopic (exact) mass is 366 g/mol. The zero-order valence-corrected chi connectivity index (χ0v) is 13.7. The van der Waals surface area contributed by atoms with Crippen molar-refractivity contribution in [2.24, 2.45) is 0 Å². The van der Waals surface area contributed by atoms with Crippen molar-refractivity contribution in [2.45, 2.75) is 23.5 Å². The Kier molecular flexibility index (Phi) is 4.63. The van der Waals surface area contributed by atoms with E-state index in [4.69, 9.17) is 0 Å². The second-order valence-corrected chi connectivity index (χ2v) is 6.60. The van der Waals surface area contributed by atoms with Crippen LogP contribution in [0.3, 0.4) is 0 Å². The first-order chi connectivity index (χ1) is 8.58. The Balaban J connectivity index is 2.20. The maximum atomic E-state index is 3.78. The molecule has 2 rings (SSSR count). The Hall–Kier alpha value is -0.600. The van der Waals surface area contributed by atoms with Crippen molar-refractivity contribution in [1.29, 1.82) is 0 Å². The van der Waals surface area contributed by atoms with Crippen LogP contribution in [0.5, 0.6) is 0 Å². The van der Waals surface area contributed by atoms with Crippen molar-refractivity contribution in [2.75, 3.05) is 0 Å². The van der Waals surface area contributed by atoms with Gasteiger partial charge in [0.2, 0.25) is 0 Å². The van der Waals surface area contributed by atoms with E-state index in [1.165, 1.54) is 22.3 Å². The van der Waals surface area contributed by atoms with E-state index < -0.39 is 0 Å². The first-order valence-corrected chi connectivity index (χ1v) is 7.82. The molecular weight excluding hydrogens is 352 g/mol. The molecule has 0 heterocycles. The molecule has 2 heteroatoms. The molecule has 0 aromatic heterocycles. The number of hydrogen-bond acceptors (Lipinski definition) is 0. The summed E-state index contributed by atoms with van der Waals surface area (Å²) in [5.41, 5.74) is 5.17. The lowest BCUT2D eigenvalue weighted by molar-refractivity contribution is 0.936. The molecule has 0 aliphatic heterocycles. The van der Waals surface area contributed by atoms with E-state index in [2.05, 4.69) is 94.2 Å². The zero-order valence-electron chi connectivity index (χ0n) is 10.5. The molecule has 0 saturated carbocycles. The first kappa shape index (κ1) is 13.8. The molecule has 0 spiro atoms. The van der Waals surface area contributed by atoms with Gasteiger partial charge in [-0.3, -0.25) is 0 Å². The van der Waals surface area contributed by atoms with Crippen LogP contribution >= 0.6 is 31.9 Å². The standard InChI is InChI=1S/C16H16Br2/c1-11-3-7-13(8-4-11)15(17)16(18)14-9-5-12(2)6-10-14/h3-10,15-16H,1-2H3/t15-,16+. The lowest BCUT2D eigenvalue weighted by Crippen LogP contribution is -1.99. The fraction of sp³-hybridized carbons (Fsp3) is 0.250. The number of alkyl halides is 2. The Labute approximate surface area is 126 Å². The minimum Gasteiger partial charge on any atom is -0.0823 e. The van der Waals surface area contributed by atoms with E-state index >= 15 is 0 Å². The molecule has 0 nitrogen and oxygen atoms in total. The van der Waals surface area contributed by atoms with E-state index in [9.17, 15) is 0 Å². The molecule has 0 aliphatic carbocycles. The highest BCUT2D eigenvalue weighted by molar-refractivity contribution is 9.12. The maximum Gasteiger partial charge on any atom is 0.0561 e. The van der Waals surface area contributed by atoms with Crippen molar-refractivity contribution < 1.29 is 0 Å². The molecule has 0 aliphatic rings. The van der Waals surface area contributed by atoms with E-state index in [0.29, 0.717) is 0 Å². The number of rotatable bonds is 3. The number of aryl methyl sites for hydroxylation is 2. The predicted molar refractivity (Wildman–Crippen MR) is 85.7 cm³/mol. The molecule has 0 N–H and O–H groups in total. The predicted octanol–water partition coefficient (Wildman–Crippen LogP) is 5.88. The minimum atomic E-state index is 0.279. The smallest absolute Gasteiger partial charge is 0.0561 e. The van der Waals surface area contributed by atoms with Crippen LogP contribution in [0, 0.1) is 13.8 Å². The van der Waals surface area contributed by atoms with E-state index in [-0.39, 0.29) is 9.65 Å². The summed E-state index contributed by atoms with van der Waals surface area (Å²) in [6, 6.07) is 17.3. The minimum absolute atomic E-state index is 0.279. The van der Waals surface area contributed by atoms with Gasteiger partial charge < -0.3 is 0 Å². The van der Waals surface area contributed by atoms with Gasteiger partial charge in [0.25, 0.3) is 0 Å². The van der Waals surface area contributed by atoms with Crippen LogP contribution in [0.15, 0.2) is 48.5 Å². The van der Waals surface area contributed by atoms with Crippen LogP contribution in [0.1, 0.15) is 31.9 Å². The Morgan fingerprint density at radius 3 is 1.17 bits per heavy atom. The van der Waals surface area contributed by atoms with Gasteiger partial charge in [0.05, 0.1) is 9.65 Å². The average molecular weight is 368 g/mol. The van der Waals surface area contributed by atoms with Gasteiger partial charge >= 0.3 is 0 Å². The fourth-order valence-corrected chi connectivity index (χ4v) is 3.06. The van der Waals surface area contributed by atoms with Gasteiger partial charge in [-0.25, -0.2) is 0 Å². The van der Waals surface area contributed by atoms with E-state index in [1.54, 1.807) is 0 Å². The van der Waals surface area contributed by atoms with Gasteiger partial charge in [-0.15, -0.1) is 0 Å². The molecule has 2 atom stereocenters. The van der Waals surface area contributed by atoms with Crippen LogP contribution in [0.4, 0.5) is 0 Å². The second-order valence-electron chi connectivity index (χ2n) is 4.62. The van der Waals surface area contributed by atoms with Crippen LogP contribution in [-0.4, -0.2) is 0 Å². The summed E-state index contributed by atoms with van der Waals surface area (Å²) in [6.45, 7) is 4.22. The zero-order chi connectivity index (χ0) is 13.1. The largest absolute Gasteiger partial charge is 0.0823 e. The Bertz CT molecular complexity index is 450. The summed E-state index contributed by atoms with van der Waals surface area (Å²) in [5.74, 6) is 0. The maximum absolute atomic E-state index is 3.78. The summed E-state index contributed by atoms with van der Waals surface area (Å²) < 4.78 is 0. The van der Waals surface area contributed by atoms with Gasteiger partial charge in [-0.05, 0) is 25.0 Å². The van der Waals surface area contributed by atoms with Gasteiger partial charge in [0.15, 0.2) is 0 Å². The summed E-state index contributed by atoms with van der Waals surface area (Å²) >= 11 is 7.57. The summed E-state index contributed by atoms with van der Waals surface area (Å²) in [5, 5.41) is 0. The molecule has 0 saturated heterocycles. The van der Waals surface area contributed by atoms with Crippen LogP contribution in [-0.2, 0) is 0 Å². The number of halogens is 2. The Morgan fingerprint density at radius 2 is 0.889 bits per heavy atom. The summed E-state index contributed by atoms with van der Waals surface area (Å²) in [6.07, 6.45) is 0. The highest BCUT2D eigenvalue weighted by Gasteiger charge is 2.19. The normalized spacial score (nSPS) is 14.2. The molecular formula is C16H16Br2. The third-order valence-electron chi connectivity index (χ3n) is 3.05. The third kappa shape index (κ3) is 3.24. The van der Waals surface area contributed by atoms with Gasteiger partial charge in [0.1, 0.15) is 0 Å². The second kappa shape index (κ2) is 6.03.